The Kier molecular flexibility index (Phi) is 4.56. The molecule has 1 aliphatic rings. The van der Waals surface area contributed by atoms with Crippen LogP contribution in [0, 0.1) is 6.92 Å². The zero-order valence-corrected chi connectivity index (χ0v) is 17.3. The van der Waals surface area contributed by atoms with E-state index >= 15 is 0 Å². The lowest BCUT2D eigenvalue weighted by Crippen LogP contribution is -2.02. The Morgan fingerprint density at radius 3 is 2.86 bits per heavy atom. The minimum absolute atomic E-state index is 0.612. The summed E-state index contributed by atoms with van der Waals surface area (Å²) in [7, 11) is 0. The number of nitrogens with zero attached hydrogens (tertiary/aromatic N) is 7. The summed E-state index contributed by atoms with van der Waals surface area (Å²) in [6.45, 7) is 4.91. The predicted octanol–water partition coefficient (Wildman–Crippen LogP) is 4.10. The molecule has 0 N–H and O–H groups in total. The van der Waals surface area contributed by atoms with E-state index in [2.05, 4.69) is 31.7 Å². The van der Waals surface area contributed by atoms with E-state index in [0.717, 1.165) is 40.2 Å². The van der Waals surface area contributed by atoms with E-state index in [1.807, 2.05) is 6.92 Å². The molecule has 0 amide bonds. The third-order valence-electron chi connectivity index (χ3n) is 4.98. The molecule has 0 bridgehead atoms. The van der Waals surface area contributed by atoms with Crippen LogP contribution in [0.3, 0.4) is 0 Å². The molecule has 0 fully saturated rings. The van der Waals surface area contributed by atoms with Crippen molar-refractivity contribution in [3.05, 3.63) is 34.9 Å². The zero-order valence-electron chi connectivity index (χ0n) is 15.7. The highest BCUT2D eigenvalue weighted by molar-refractivity contribution is 7.99. The van der Waals surface area contributed by atoms with Gasteiger partial charge in [0.05, 0.1) is 6.20 Å². The average Bonchev–Trinajstić information content (AvgIpc) is 3.28. The minimum Gasteiger partial charge on any atom is -0.306 e. The molecular weight excluding hydrogens is 390 g/mol. The van der Waals surface area contributed by atoms with Gasteiger partial charge in [0, 0.05) is 29.2 Å². The third-order valence-corrected chi connectivity index (χ3v) is 7.14. The summed E-state index contributed by atoms with van der Waals surface area (Å²) in [5.41, 5.74) is 2.10. The number of rotatable bonds is 4. The Morgan fingerprint density at radius 1 is 1.14 bits per heavy atom. The maximum absolute atomic E-state index is 4.91. The van der Waals surface area contributed by atoms with Crippen LogP contribution in [0.4, 0.5) is 0 Å². The first-order chi connectivity index (χ1) is 13.7. The molecule has 1 aliphatic carbocycles. The first-order valence-electron chi connectivity index (χ1n) is 9.41. The molecule has 0 atom stereocenters. The molecule has 142 valence electrons. The molecule has 0 spiro atoms. The number of hydrogen-bond acceptors (Lipinski definition) is 8. The SMILES string of the molecule is CCn1c(C)nnc1Sc1nc(-c2cnccn2)nc2sc3c(c12)CCCC3. The normalized spacial score (nSPS) is 13.8. The molecule has 0 aliphatic heterocycles. The van der Waals surface area contributed by atoms with Crippen molar-refractivity contribution in [2.45, 2.75) is 56.3 Å². The van der Waals surface area contributed by atoms with Gasteiger partial charge < -0.3 is 4.57 Å². The van der Waals surface area contributed by atoms with Crippen LogP contribution < -0.4 is 0 Å². The highest BCUT2D eigenvalue weighted by atomic mass is 32.2. The average molecular weight is 410 g/mol. The second kappa shape index (κ2) is 7.21. The summed E-state index contributed by atoms with van der Waals surface area (Å²) < 4.78 is 2.11. The second-order valence-corrected chi connectivity index (χ2v) is 8.75. The molecule has 4 aromatic heterocycles. The molecule has 9 heteroatoms. The molecule has 0 saturated heterocycles. The van der Waals surface area contributed by atoms with Crippen LogP contribution in [0.25, 0.3) is 21.7 Å². The summed E-state index contributed by atoms with van der Waals surface area (Å²) in [5.74, 6) is 1.53. The van der Waals surface area contributed by atoms with Crippen LogP contribution in [-0.2, 0) is 19.4 Å². The summed E-state index contributed by atoms with van der Waals surface area (Å²) in [5, 5.41) is 11.6. The van der Waals surface area contributed by atoms with Crippen molar-refractivity contribution in [2.24, 2.45) is 0 Å². The van der Waals surface area contributed by atoms with Crippen molar-refractivity contribution >= 4 is 33.3 Å². The molecular formula is C19H19N7S2. The van der Waals surface area contributed by atoms with Crippen LogP contribution >= 0.6 is 23.1 Å². The van der Waals surface area contributed by atoms with Gasteiger partial charge in [0.2, 0.25) is 0 Å². The lowest BCUT2D eigenvalue weighted by molar-refractivity contribution is 0.661. The van der Waals surface area contributed by atoms with Crippen LogP contribution in [0.2, 0.25) is 0 Å². The Hall–Kier alpha value is -2.39. The first kappa shape index (κ1) is 17.7. The molecule has 4 heterocycles. The van der Waals surface area contributed by atoms with Gasteiger partial charge in [0.15, 0.2) is 11.0 Å². The molecule has 4 aromatic rings. The van der Waals surface area contributed by atoms with E-state index in [-0.39, 0.29) is 0 Å². The highest BCUT2D eigenvalue weighted by Crippen LogP contribution is 2.42. The Bertz CT molecular complexity index is 1150. The fourth-order valence-corrected chi connectivity index (χ4v) is 6.02. The van der Waals surface area contributed by atoms with Crippen molar-refractivity contribution in [1.29, 1.82) is 0 Å². The van der Waals surface area contributed by atoms with E-state index in [9.17, 15) is 0 Å². The highest BCUT2D eigenvalue weighted by Gasteiger charge is 2.23. The molecule has 5 rings (SSSR count). The van der Waals surface area contributed by atoms with Crippen LogP contribution in [0.1, 0.15) is 36.0 Å². The Balaban J connectivity index is 1.71. The van der Waals surface area contributed by atoms with Crippen molar-refractivity contribution in [2.75, 3.05) is 0 Å². The summed E-state index contributed by atoms with van der Waals surface area (Å²) in [6.07, 6.45) is 9.73. The van der Waals surface area contributed by atoms with Crippen LogP contribution in [-0.4, -0.2) is 34.7 Å². The maximum Gasteiger partial charge on any atom is 0.197 e. The van der Waals surface area contributed by atoms with E-state index in [1.54, 1.807) is 41.7 Å². The second-order valence-electron chi connectivity index (χ2n) is 6.71. The lowest BCUT2D eigenvalue weighted by atomic mass is 9.97. The van der Waals surface area contributed by atoms with E-state index in [1.165, 1.54) is 28.7 Å². The summed E-state index contributed by atoms with van der Waals surface area (Å²) in [6, 6.07) is 0. The molecule has 0 unspecified atom stereocenters. The Morgan fingerprint density at radius 2 is 2.04 bits per heavy atom. The number of fused-ring (bicyclic) bond motifs is 3. The Labute approximate surface area is 170 Å². The number of hydrogen-bond donors (Lipinski definition) is 0. The number of thiophene rings is 1. The fraction of sp³-hybridized carbons (Fsp3) is 0.368. The van der Waals surface area contributed by atoms with E-state index < -0.39 is 0 Å². The largest absolute Gasteiger partial charge is 0.306 e. The van der Waals surface area contributed by atoms with Gasteiger partial charge in [0.25, 0.3) is 0 Å². The van der Waals surface area contributed by atoms with Gasteiger partial charge >= 0.3 is 0 Å². The van der Waals surface area contributed by atoms with Crippen molar-refractivity contribution in [3.8, 4) is 11.5 Å². The summed E-state index contributed by atoms with van der Waals surface area (Å²) >= 11 is 3.37. The van der Waals surface area contributed by atoms with Crippen LogP contribution in [0.5, 0.6) is 0 Å². The molecule has 28 heavy (non-hydrogen) atoms. The monoisotopic (exact) mass is 409 g/mol. The van der Waals surface area contributed by atoms with Crippen LogP contribution in [0.15, 0.2) is 28.8 Å². The number of aromatic nitrogens is 7. The van der Waals surface area contributed by atoms with E-state index in [0.29, 0.717) is 11.5 Å². The molecule has 0 saturated carbocycles. The zero-order chi connectivity index (χ0) is 19.1. The van der Waals surface area contributed by atoms with Gasteiger partial charge in [-0.2, -0.15) is 0 Å². The van der Waals surface area contributed by atoms with Crippen molar-refractivity contribution in [3.63, 3.8) is 0 Å². The molecule has 0 aromatic carbocycles. The maximum atomic E-state index is 4.91. The van der Waals surface area contributed by atoms with Gasteiger partial charge in [-0.1, -0.05) is 0 Å². The molecule has 0 radical (unpaired) electrons. The lowest BCUT2D eigenvalue weighted by Gasteiger charge is -2.12. The minimum atomic E-state index is 0.612. The topological polar surface area (TPSA) is 82.3 Å². The van der Waals surface area contributed by atoms with Gasteiger partial charge in [-0.3, -0.25) is 4.98 Å². The van der Waals surface area contributed by atoms with Gasteiger partial charge in [-0.25, -0.2) is 15.0 Å². The summed E-state index contributed by atoms with van der Waals surface area (Å²) in [4.78, 5) is 20.8. The first-order valence-corrected chi connectivity index (χ1v) is 11.0. The molecule has 7 nitrogen and oxygen atoms in total. The van der Waals surface area contributed by atoms with Crippen molar-refractivity contribution in [1.82, 2.24) is 34.7 Å². The fourth-order valence-electron chi connectivity index (χ4n) is 3.61. The van der Waals surface area contributed by atoms with Gasteiger partial charge in [0.1, 0.15) is 21.4 Å². The number of aryl methyl sites for hydroxylation is 3. The standard InChI is InChI=1S/C19H19N7S2/c1-3-26-11(2)24-25-19(26)28-18-15-12-6-4-5-7-14(12)27-17(15)22-16(23-18)13-10-20-8-9-21-13/h8-10H,3-7H2,1-2H3. The smallest absolute Gasteiger partial charge is 0.197 e. The van der Waals surface area contributed by atoms with Gasteiger partial charge in [-0.15, -0.1) is 21.5 Å². The third kappa shape index (κ3) is 2.98. The predicted molar refractivity (Wildman–Crippen MR) is 110 cm³/mol. The quantitative estimate of drug-likeness (QED) is 0.469. The van der Waals surface area contributed by atoms with Crippen molar-refractivity contribution < 1.29 is 0 Å². The van der Waals surface area contributed by atoms with E-state index in [4.69, 9.17) is 9.97 Å². The van der Waals surface area contributed by atoms with Gasteiger partial charge in [-0.05, 0) is 56.9 Å².